The lowest BCUT2D eigenvalue weighted by Crippen LogP contribution is -2.34. The molecule has 0 fully saturated rings. The summed E-state index contributed by atoms with van der Waals surface area (Å²) in [5, 5.41) is 3.05. The van der Waals surface area contributed by atoms with Crippen molar-refractivity contribution < 1.29 is 19.0 Å². The van der Waals surface area contributed by atoms with Crippen molar-refractivity contribution in [1.82, 2.24) is 5.32 Å². The number of hydrogen-bond donors (Lipinski definition) is 1. The molecule has 7 heteroatoms. The minimum absolute atomic E-state index is 0. The molecule has 0 aliphatic carbocycles. The van der Waals surface area contributed by atoms with E-state index in [1.54, 1.807) is 32.3 Å². The van der Waals surface area contributed by atoms with Crippen LogP contribution in [0.5, 0.6) is 11.5 Å². The number of carbonyl (C=O) groups is 1. The molecule has 1 amide bonds. The van der Waals surface area contributed by atoms with Gasteiger partial charge in [0.25, 0.3) is 0 Å². The summed E-state index contributed by atoms with van der Waals surface area (Å²) in [5.74, 6) is 1.31. The molecule has 0 unspecified atom stereocenters. The SMILES string of the molecule is CNCCCC(=O)N(CCOC)c1ccc(OC)c(OC)c1.Cl. The summed E-state index contributed by atoms with van der Waals surface area (Å²) >= 11 is 0. The van der Waals surface area contributed by atoms with Crippen molar-refractivity contribution in [2.45, 2.75) is 12.8 Å². The molecule has 1 aromatic carbocycles. The van der Waals surface area contributed by atoms with Crippen molar-refractivity contribution in [3.8, 4) is 11.5 Å². The van der Waals surface area contributed by atoms with Gasteiger partial charge in [0.05, 0.1) is 20.8 Å². The number of ether oxygens (including phenoxy) is 3. The van der Waals surface area contributed by atoms with Crippen LogP contribution in [0.2, 0.25) is 0 Å². The average molecular weight is 347 g/mol. The number of methoxy groups -OCH3 is 3. The number of nitrogens with one attached hydrogen (secondary N) is 1. The van der Waals surface area contributed by atoms with Gasteiger partial charge in [0, 0.05) is 31.8 Å². The molecule has 0 atom stereocenters. The van der Waals surface area contributed by atoms with Gasteiger partial charge in [-0.1, -0.05) is 0 Å². The van der Waals surface area contributed by atoms with Gasteiger partial charge in [-0.05, 0) is 32.1 Å². The number of hydrogen-bond acceptors (Lipinski definition) is 5. The first-order valence-corrected chi connectivity index (χ1v) is 7.33. The molecule has 0 aliphatic rings. The normalized spacial score (nSPS) is 9.91. The fourth-order valence-corrected chi connectivity index (χ4v) is 2.12. The van der Waals surface area contributed by atoms with Crippen molar-refractivity contribution >= 4 is 24.0 Å². The summed E-state index contributed by atoms with van der Waals surface area (Å²) in [6.45, 7) is 1.80. The van der Waals surface area contributed by atoms with Crippen LogP contribution in [0.1, 0.15) is 12.8 Å². The van der Waals surface area contributed by atoms with Crippen LogP contribution in [0.15, 0.2) is 18.2 Å². The molecule has 1 aromatic rings. The minimum Gasteiger partial charge on any atom is -0.493 e. The molecular weight excluding hydrogens is 320 g/mol. The van der Waals surface area contributed by atoms with E-state index in [1.165, 1.54) is 0 Å². The Balaban J connectivity index is 0.00000484. The zero-order valence-electron chi connectivity index (χ0n) is 14.3. The minimum atomic E-state index is 0. The molecule has 6 nitrogen and oxygen atoms in total. The monoisotopic (exact) mass is 346 g/mol. The topological polar surface area (TPSA) is 60.0 Å². The Morgan fingerprint density at radius 2 is 1.87 bits per heavy atom. The Kier molecular flexibility index (Phi) is 11.2. The predicted octanol–water partition coefficient (Wildman–Crippen LogP) is 2.10. The second kappa shape index (κ2) is 12.0. The molecule has 0 heterocycles. The Hall–Kier alpha value is -1.50. The Morgan fingerprint density at radius 1 is 1.17 bits per heavy atom. The van der Waals surface area contributed by atoms with E-state index < -0.39 is 0 Å². The quantitative estimate of drug-likeness (QED) is 0.657. The highest BCUT2D eigenvalue weighted by molar-refractivity contribution is 5.93. The lowest BCUT2D eigenvalue weighted by molar-refractivity contribution is -0.118. The van der Waals surface area contributed by atoms with E-state index in [0.717, 1.165) is 18.7 Å². The Morgan fingerprint density at radius 3 is 2.43 bits per heavy atom. The number of amides is 1. The molecule has 0 spiro atoms. The molecule has 0 aromatic heterocycles. The van der Waals surface area contributed by atoms with E-state index in [9.17, 15) is 4.79 Å². The maximum atomic E-state index is 12.4. The van der Waals surface area contributed by atoms with Crippen LogP contribution < -0.4 is 19.7 Å². The molecule has 0 saturated carbocycles. The third kappa shape index (κ3) is 6.64. The van der Waals surface area contributed by atoms with E-state index in [4.69, 9.17) is 14.2 Å². The van der Waals surface area contributed by atoms with Crippen LogP contribution in [-0.2, 0) is 9.53 Å². The summed E-state index contributed by atoms with van der Waals surface area (Å²) in [5.41, 5.74) is 0.782. The fourth-order valence-electron chi connectivity index (χ4n) is 2.12. The Labute approximate surface area is 144 Å². The summed E-state index contributed by atoms with van der Waals surface area (Å²) in [6, 6.07) is 5.46. The highest BCUT2D eigenvalue weighted by Crippen LogP contribution is 2.31. The van der Waals surface area contributed by atoms with Gasteiger partial charge in [0.15, 0.2) is 11.5 Å². The van der Waals surface area contributed by atoms with Crippen molar-refractivity contribution in [2.24, 2.45) is 0 Å². The summed E-state index contributed by atoms with van der Waals surface area (Å²) in [6.07, 6.45) is 1.28. The van der Waals surface area contributed by atoms with Crippen molar-refractivity contribution in [2.75, 3.05) is 53.0 Å². The molecule has 1 N–H and O–H groups in total. The fraction of sp³-hybridized carbons (Fsp3) is 0.562. The summed E-state index contributed by atoms with van der Waals surface area (Å²) in [7, 11) is 6.67. The number of nitrogens with zero attached hydrogens (tertiary/aromatic N) is 1. The maximum Gasteiger partial charge on any atom is 0.227 e. The molecule has 23 heavy (non-hydrogen) atoms. The first-order chi connectivity index (χ1) is 10.7. The van der Waals surface area contributed by atoms with Crippen molar-refractivity contribution in [3.05, 3.63) is 18.2 Å². The van der Waals surface area contributed by atoms with Gasteiger partial charge in [-0.25, -0.2) is 0 Å². The van der Waals surface area contributed by atoms with Gasteiger partial charge in [-0.2, -0.15) is 0 Å². The second-order valence-electron chi connectivity index (χ2n) is 4.78. The summed E-state index contributed by atoms with van der Waals surface area (Å²) in [4.78, 5) is 14.2. The number of benzene rings is 1. The van der Waals surface area contributed by atoms with Gasteiger partial charge in [0.2, 0.25) is 5.91 Å². The standard InChI is InChI=1S/C16H26N2O4.ClH/c1-17-9-5-6-16(19)18(10-11-20-2)13-7-8-14(21-3)15(12-13)22-4;/h7-8,12,17H,5-6,9-11H2,1-4H3;1H. The predicted molar refractivity (Wildman–Crippen MR) is 94.2 cm³/mol. The average Bonchev–Trinajstić information content (AvgIpc) is 2.55. The van der Waals surface area contributed by atoms with E-state index in [-0.39, 0.29) is 18.3 Å². The smallest absolute Gasteiger partial charge is 0.227 e. The summed E-state index contributed by atoms with van der Waals surface area (Å²) < 4.78 is 15.6. The molecule has 0 bridgehead atoms. The lowest BCUT2D eigenvalue weighted by Gasteiger charge is -2.23. The third-order valence-corrected chi connectivity index (χ3v) is 3.32. The van der Waals surface area contributed by atoms with Crippen LogP contribution in [-0.4, -0.2) is 54.0 Å². The van der Waals surface area contributed by atoms with Gasteiger partial charge in [-0.3, -0.25) is 4.79 Å². The largest absolute Gasteiger partial charge is 0.493 e. The molecule has 0 aliphatic heterocycles. The van der Waals surface area contributed by atoms with Crippen molar-refractivity contribution in [1.29, 1.82) is 0 Å². The van der Waals surface area contributed by atoms with Gasteiger partial charge in [-0.15, -0.1) is 12.4 Å². The number of halogens is 1. The van der Waals surface area contributed by atoms with Crippen LogP contribution >= 0.6 is 12.4 Å². The van der Waals surface area contributed by atoms with Gasteiger partial charge >= 0.3 is 0 Å². The van der Waals surface area contributed by atoms with E-state index in [0.29, 0.717) is 31.1 Å². The molecular formula is C16H27ClN2O4. The highest BCUT2D eigenvalue weighted by Gasteiger charge is 2.17. The van der Waals surface area contributed by atoms with E-state index >= 15 is 0 Å². The Bertz CT molecular complexity index is 471. The van der Waals surface area contributed by atoms with Gasteiger partial charge in [0.1, 0.15) is 0 Å². The van der Waals surface area contributed by atoms with Crippen LogP contribution in [0.3, 0.4) is 0 Å². The number of rotatable bonds is 10. The zero-order chi connectivity index (χ0) is 16.4. The van der Waals surface area contributed by atoms with Crippen LogP contribution in [0.25, 0.3) is 0 Å². The number of anilines is 1. The highest BCUT2D eigenvalue weighted by atomic mass is 35.5. The van der Waals surface area contributed by atoms with Gasteiger partial charge < -0.3 is 24.4 Å². The first-order valence-electron chi connectivity index (χ1n) is 7.33. The zero-order valence-corrected chi connectivity index (χ0v) is 15.1. The van der Waals surface area contributed by atoms with Crippen molar-refractivity contribution in [3.63, 3.8) is 0 Å². The maximum absolute atomic E-state index is 12.4. The van der Waals surface area contributed by atoms with E-state index in [1.807, 2.05) is 19.2 Å². The molecule has 132 valence electrons. The third-order valence-electron chi connectivity index (χ3n) is 3.32. The number of carbonyl (C=O) groups excluding carboxylic acids is 1. The first kappa shape index (κ1) is 21.5. The van der Waals surface area contributed by atoms with Crippen LogP contribution in [0, 0.1) is 0 Å². The second-order valence-corrected chi connectivity index (χ2v) is 4.78. The molecule has 1 rings (SSSR count). The molecule has 0 radical (unpaired) electrons. The van der Waals surface area contributed by atoms with Crippen LogP contribution in [0.4, 0.5) is 5.69 Å². The lowest BCUT2D eigenvalue weighted by atomic mass is 10.2. The molecule has 0 saturated heterocycles. The van der Waals surface area contributed by atoms with E-state index in [2.05, 4.69) is 5.32 Å².